The lowest BCUT2D eigenvalue weighted by molar-refractivity contribution is 0.487. The maximum Gasteiger partial charge on any atom is 0.341 e. The fourth-order valence-electron chi connectivity index (χ4n) is 2.67. The SMILES string of the molecule is O=S(=O)(Oc1ccc2ccccc2c1)c1cccc2cccnc12. The fraction of sp³-hybridized carbons (Fsp3) is 0. The third kappa shape index (κ3) is 2.59. The van der Waals surface area contributed by atoms with Crippen LogP contribution in [0, 0.1) is 0 Å². The van der Waals surface area contributed by atoms with Gasteiger partial charge in [-0.25, -0.2) is 0 Å². The topological polar surface area (TPSA) is 56.3 Å². The molecule has 4 rings (SSSR count). The van der Waals surface area contributed by atoms with E-state index in [2.05, 4.69) is 4.98 Å². The standard InChI is InChI=1S/C19H13NO3S/c21-24(22,18-9-3-7-15-8-4-12-20-19(15)18)23-17-11-10-14-5-1-2-6-16(14)13-17/h1-13H. The molecular formula is C19H13NO3S. The van der Waals surface area contributed by atoms with Crippen LogP contribution in [0.5, 0.6) is 5.75 Å². The number of benzene rings is 3. The Morgan fingerprint density at radius 2 is 1.50 bits per heavy atom. The zero-order valence-corrected chi connectivity index (χ0v) is 13.4. The third-order valence-electron chi connectivity index (χ3n) is 3.79. The molecule has 0 bridgehead atoms. The van der Waals surface area contributed by atoms with Crippen molar-refractivity contribution >= 4 is 31.8 Å². The second-order valence-electron chi connectivity index (χ2n) is 5.38. The van der Waals surface area contributed by atoms with Crippen LogP contribution in [0.3, 0.4) is 0 Å². The van der Waals surface area contributed by atoms with E-state index >= 15 is 0 Å². The Balaban J connectivity index is 1.79. The number of fused-ring (bicyclic) bond motifs is 2. The molecule has 1 aromatic heterocycles. The zero-order valence-electron chi connectivity index (χ0n) is 12.6. The monoisotopic (exact) mass is 335 g/mol. The molecule has 3 aromatic carbocycles. The van der Waals surface area contributed by atoms with E-state index in [9.17, 15) is 8.42 Å². The second-order valence-corrected chi connectivity index (χ2v) is 6.89. The molecule has 4 aromatic rings. The number of hydrogen-bond acceptors (Lipinski definition) is 4. The highest BCUT2D eigenvalue weighted by molar-refractivity contribution is 7.87. The first kappa shape index (κ1) is 14.7. The van der Waals surface area contributed by atoms with Crippen molar-refractivity contribution in [3.8, 4) is 5.75 Å². The van der Waals surface area contributed by atoms with Gasteiger partial charge in [0, 0.05) is 11.6 Å². The van der Waals surface area contributed by atoms with Gasteiger partial charge >= 0.3 is 10.1 Å². The minimum Gasteiger partial charge on any atom is -0.379 e. The van der Waals surface area contributed by atoms with Gasteiger partial charge in [-0.3, -0.25) is 4.98 Å². The average molecular weight is 335 g/mol. The molecule has 0 N–H and O–H groups in total. The molecule has 0 spiro atoms. The van der Waals surface area contributed by atoms with Crippen molar-refractivity contribution in [1.29, 1.82) is 0 Å². The summed E-state index contributed by atoms with van der Waals surface area (Å²) in [5.41, 5.74) is 0.404. The molecule has 0 aliphatic carbocycles. The quantitative estimate of drug-likeness (QED) is 0.528. The van der Waals surface area contributed by atoms with Gasteiger partial charge in [-0.1, -0.05) is 48.5 Å². The predicted molar refractivity (Wildman–Crippen MR) is 93.5 cm³/mol. The Morgan fingerprint density at radius 1 is 0.750 bits per heavy atom. The molecule has 0 radical (unpaired) electrons. The van der Waals surface area contributed by atoms with Crippen molar-refractivity contribution < 1.29 is 12.6 Å². The highest BCUT2D eigenvalue weighted by atomic mass is 32.2. The number of aromatic nitrogens is 1. The van der Waals surface area contributed by atoms with Crippen LogP contribution in [0.2, 0.25) is 0 Å². The van der Waals surface area contributed by atoms with Crippen molar-refractivity contribution in [3.05, 3.63) is 79.0 Å². The van der Waals surface area contributed by atoms with Crippen LogP contribution < -0.4 is 4.18 Å². The lowest BCUT2D eigenvalue weighted by atomic mass is 10.1. The molecule has 1 heterocycles. The first-order chi connectivity index (χ1) is 11.6. The largest absolute Gasteiger partial charge is 0.379 e. The normalized spacial score (nSPS) is 11.7. The van der Waals surface area contributed by atoms with E-state index in [0.717, 1.165) is 16.2 Å². The summed E-state index contributed by atoms with van der Waals surface area (Å²) in [5.74, 6) is 0.279. The molecular weight excluding hydrogens is 322 g/mol. The van der Waals surface area contributed by atoms with Crippen LogP contribution in [0.15, 0.2) is 83.9 Å². The first-order valence-corrected chi connectivity index (χ1v) is 8.81. The number of hydrogen-bond donors (Lipinski definition) is 0. The van der Waals surface area contributed by atoms with Gasteiger partial charge in [0.15, 0.2) is 0 Å². The summed E-state index contributed by atoms with van der Waals surface area (Å²) >= 11 is 0. The highest BCUT2D eigenvalue weighted by Gasteiger charge is 2.20. The van der Waals surface area contributed by atoms with E-state index in [1.165, 1.54) is 6.07 Å². The van der Waals surface area contributed by atoms with Gasteiger partial charge in [0.05, 0.1) is 5.52 Å². The van der Waals surface area contributed by atoms with Crippen LogP contribution in [0.1, 0.15) is 0 Å². The molecule has 0 amide bonds. The van der Waals surface area contributed by atoms with Crippen molar-refractivity contribution in [3.63, 3.8) is 0 Å². The van der Waals surface area contributed by atoms with Crippen molar-refractivity contribution in [2.45, 2.75) is 4.90 Å². The summed E-state index contributed by atoms with van der Waals surface area (Å²) in [6.45, 7) is 0. The summed E-state index contributed by atoms with van der Waals surface area (Å²) in [6.07, 6.45) is 1.57. The van der Waals surface area contributed by atoms with Crippen LogP contribution >= 0.6 is 0 Å². The van der Waals surface area contributed by atoms with Gasteiger partial charge in [0.2, 0.25) is 0 Å². The van der Waals surface area contributed by atoms with Crippen molar-refractivity contribution in [2.75, 3.05) is 0 Å². The van der Waals surface area contributed by atoms with E-state index in [-0.39, 0.29) is 10.6 Å². The molecule has 0 unspecified atom stereocenters. The Hall–Kier alpha value is -2.92. The van der Waals surface area contributed by atoms with Gasteiger partial charge in [0.1, 0.15) is 10.6 Å². The summed E-state index contributed by atoms with van der Waals surface area (Å²) in [7, 11) is -3.97. The summed E-state index contributed by atoms with van der Waals surface area (Å²) in [5, 5.41) is 2.69. The van der Waals surface area contributed by atoms with Crippen LogP contribution in [-0.4, -0.2) is 13.4 Å². The third-order valence-corrected chi connectivity index (χ3v) is 5.07. The van der Waals surface area contributed by atoms with Gasteiger partial charge in [-0.05, 0) is 35.0 Å². The number of pyridine rings is 1. The molecule has 0 aliphatic rings. The van der Waals surface area contributed by atoms with Crippen LogP contribution in [-0.2, 0) is 10.1 Å². The van der Waals surface area contributed by atoms with Crippen LogP contribution in [0.25, 0.3) is 21.7 Å². The molecule has 118 valence electrons. The minimum absolute atomic E-state index is 0.0637. The molecule has 0 fully saturated rings. The Morgan fingerprint density at radius 3 is 2.38 bits per heavy atom. The lowest BCUT2D eigenvalue weighted by Gasteiger charge is -2.09. The smallest absolute Gasteiger partial charge is 0.341 e. The van der Waals surface area contributed by atoms with E-state index in [0.29, 0.717) is 5.52 Å². The number of nitrogens with zero attached hydrogens (tertiary/aromatic N) is 1. The summed E-state index contributed by atoms with van der Waals surface area (Å²) in [4.78, 5) is 4.24. The first-order valence-electron chi connectivity index (χ1n) is 7.40. The summed E-state index contributed by atoms with van der Waals surface area (Å²) in [6, 6.07) is 21.5. The predicted octanol–water partition coefficient (Wildman–Crippen LogP) is 4.16. The van der Waals surface area contributed by atoms with Gasteiger partial charge in [-0.2, -0.15) is 8.42 Å². The average Bonchev–Trinajstić information content (AvgIpc) is 2.61. The number of para-hydroxylation sites is 1. The molecule has 4 nitrogen and oxygen atoms in total. The summed E-state index contributed by atoms with van der Waals surface area (Å²) < 4.78 is 30.7. The van der Waals surface area contributed by atoms with Crippen molar-refractivity contribution in [1.82, 2.24) is 4.98 Å². The van der Waals surface area contributed by atoms with Crippen molar-refractivity contribution in [2.24, 2.45) is 0 Å². The molecule has 0 atom stereocenters. The number of rotatable bonds is 3. The van der Waals surface area contributed by atoms with Gasteiger partial charge < -0.3 is 4.18 Å². The van der Waals surface area contributed by atoms with E-state index in [1.54, 1.807) is 30.5 Å². The Bertz CT molecular complexity index is 1150. The van der Waals surface area contributed by atoms with Crippen LogP contribution in [0.4, 0.5) is 0 Å². The molecule has 5 heteroatoms. The molecule has 24 heavy (non-hydrogen) atoms. The highest BCUT2D eigenvalue weighted by Crippen LogP contribution is 2.26. The molecule has 0 saturated carbocycles. The van der Waals surface area contributed by atoms with E-state index in [4.69, 9.17) is 4.18 Å². The maximum absolute atomic E-state index is 12.7. The Kier molecular flexibility index (Phi) is 3.43. The Labute approximate surface area is 139 Å². The van der Waals surface area contributed by atoms with Gasteiger partial charge in [0.25, 0.3) is 0 Å². The van der Waals surface area contributed by atoms with E-state index in [1.807, 2.05) is 42.5 Å². The van der Waals surface area contributed by atoms with E-state index < -0.39 is 10.1 Å². The zero-order chi connectivity index (χ0) is 16.6. The second kappa shape index (κ2) is 5.62. The maximum atomic E-state index is 12.7. The lowest BCUT2D eigenvalue weighted by Crippen LogP contribution is -2.10. The van der Waals surface area contributed by atoms with Gasteiger partial charge in [-0.15, -0.1) is 0 Å². The molecule has 0 aliphatic heterocycles. The minimum atomic E-state index is -3.97. The molecule has 0 saturated heterocycles. The fourth-order valence-corrected chi connectivity index (χ4v) is 3.77.